The molecule has 0 atom stereocenters. The summed E-state index contributed by atoms with van der Waals surface area (Å²) in [7, 11) is 4.08. The van der Waals surface area contributed by atoms with Gasteiger partial charge in [0.1, 0.15) is 18.6 Å². The number of hydrogen-bond acceptors (Lipinski definition) is 6. The molecule has 1 aliphatic heterocycles. The number of rotatable bonds is 10. The predicted octanol–water partition coefficient (Wildman–Crippen LogP) is 6.26. The molecule has 196 valence electrons. The first-order valence-electron chi connectivity index (χ1n) is 13.4. The molecule has 0 N–H and O–H groups in total. The fourth-order valence-corrected chi connectivity index (χ4v) is 5.22. The topological polar surface area (TPSA) is 59.0 Å². The standard InChI is InChI=1S/C31H35N5O2/c1-32-30-14-10-25(19-33-30)22-37-29-13-11-26-28(34-38-31(26)27(29)21-35(2)3)12-9-23-15-17-36(18-16-23)20-24-7-5-4-6-8-24/h4-8,10-11,13-14,19,23H,9,12,15-18,20-22H2,2-3H3. The van der Waals surface area contributed by atoms with Crippen LogP contribution in [-0.2, 0) is 26.1 Å². The molecule has 0 saturated carbocycles. The summed E-state index contributed by atoms with van der Waals surface area (Å²) in [6, 6.07) is 18.5. The highest BCUT2D eigenvalue weighted by Crippen LogP contribution is 2.33. The first-order valence-corrected chi connectivity index (χ1v) is 13.4. The van der Waals surface area contributed by atoms with E-state index in [0.29, 0.717) is 19.0 Å². The fourth-order valence-electron chi connectivity index (χ4n) is 5.22. The van der Waals surface area contributed by atoms with Crippen molar-refractivity contribution in [1.29, 1.82) is 0 Å². The molecule has 1 fully saturated rings. The number of nitrogens with zero attached hydrogens (tertiary/aromatic N) is 5. The van der Waals surface area contributed by atoms with E-state index in [2.05, 4.69) is 61.2 Å². The number of aromatic nitrogens is 2. The highest BCUT2D eigenvalue weighted by atomic mass is 16.5. The van der Waals surface area contributed by atoms with Crippen molar-refractivity contribution in [1.82, 2.24) is 19.9 Å². The minimum Gasteiger partial charge on any atom is -0.488 e. The van der Waals surface area contributed by atoms with Crippen LogP contribution >= 0.6 is 0 Å². The van der Waals surface area contributed by atoms with Crippen LogP contribution in [0.3, 0.4) is 0 Å². The molecule has 1 saturated heterocycles. The molecule has 7 nitrogen and oxygen atoms in total. The third-order valence-electron chi connectivity index (χ3n) is 7.31. The van der Waals surface area contributed by atoms with Crippen LogP contribution in [0, 0.1) is 12.5 Å². The maximum absolute atomic E-state index is 7.06. The zero-order valence-corrected chi connectivity index (χ0v) is 22.3. The van der Waals surface area contributed by atoms with Gasteiger partial charge in [0.2, 0.25) is 0 Å². The lowest BCUT2D eigenvalue weighted by Gasteiger charge is -2.31. The Morgan fingerprint density at radius 2 is 1.87 bits per heavy atom. The van der Waals surface area contributed by atoms with Gasteiger partial charge in [-0.05, 0) is 82.5 Å². The quantitative estimate of drug-likeness (QED) is 0.235. The van der Waals surface area contributed by atoms with Gasteiger partial charge >= 0.3 is 0 Å². The van der Waals surface area contributed by atoms with Crippen LogP contribution in [-0.4, -0.2) is 47.1 Å². The zero-order valence-electron chi connectivity index (χ0n) is 22.3. The number of ether oxygens (including phenoxy) is 1. The molecule has 5 rings (SSSR count). The Balaban J connectivity index is 1.22. The van der Waals surface area contributed by atoms with Crippen molar-refractivity contribution in [2.75, 3.05) is 27.2 Å². The van der Waals surface area contributed by atoms with Crippen LogP contribution in [0.5, 0.6) is 5.75 Å². The van der Waals surface area contributed by atoms with Crippen LogP contribution in [0.4, 0.5) is 5.82 Å². The Morgan fingerprint density at radius 1 is 1.05 bits per heavy atom. The Hall–Kier alpha value is -3.73. The molecule has 0 radical (unpaired) electrons. The maximum atomic E-state index is 7.06. The number of piperidine rings is 1. The van der Waals surface area contributed by atoms with Gasteiger partial charge in [-0.2, -0.15) is 0 Å². The Morgan fingerprint density at radius 3 is 2.58 bits per heavy atom. The molecule has 3 heterocycles. The largest absolute Gasteiger partial charge is 0.488 e. The minimum atomic E-state index is 0.376. The van der Waals surface area contributed by atoms with Gasteiger partial charge in [-0.3, -0.25) is 4.90 Å². The zero-order chi connectivity index (χ0) is 26.3. The van der Waals surface area contributed by atoms with Gasteiger partial charge in [-0.15, -0.1) is 4.98 Å². The first-order chi connectivity index (χ1) is 18.6. The Labute approximate surface area is 224 Å². The second-order valence-corrected chi connectivity index (χ2v) is 10.5. The third-order valence-corrected chi connectivity index (χ3v) is 7.31. The lowest BCUT2D eigenvalue weighted by atomic mass is 9.91. The van der Waals surface area contributed by atoms with Crippen molar-refractivity contribution in [2.24, 2.45) is 5.92 Å². The van der Waals surface area contributed by atoms with Crippen molar-refractivity contribution in [3.05, 3.63) is 94.6 Å². The molecule has 2 aromatic heterocycles. The summed E-state index contributed by atoms with van der Waals surface area (Å²) < 4.78 is 12.1. The lowest BCUT2D eigenvalue weighted by molar-refractivity contribution is 0.172. The van der Waals surface area contributed by atoms with Crippen molar-refractivity contribution in [3.8, 4) is 5.75 Å². The third kappa shape index (κ3) is 6.39. The molecule has 0 bridgehead atoms. The van der Waals surface area contributed by atoms with Gasteiger partial charge < -0.3 is 19.0 Å². The van der Waals surface area contributed by atoms with Gasteiger partial charge in [0.25, 0.3) is 5.82 Å². The summed E-state index contributed by atoms with van der Waals surface area (Å²) in [5.41, 5.74) is 5.17. The number of aryl methyl sites for hydroxylation is 1. The van der Waals surface area contributed by atoms with Crippen molar-refractivity contribution in [2.45, 2.75) is 45.4 Å². The Kier molecular flexibility index (Phi) is 8.32. The van der Waals surface area contributed by atoms with Crippen LogP contribution < -0.4 is 4.74 Å². The molecule has 2 aromatic carbocycles. The molecule has 0 unspecified atom stereocenters. The molecular formula is C31H35N5O2. The normalized spacial score (nSPS) is 14.7. The average Bonchev–Trinajstić information content (AvgIpc) is 3.36. The summed E-state index contributed by atoms with van der Waals surface area (Å²) in [6.07, 6.45) is 6.22. The Bertz CT molecular complexity index is 1370. The summed E-state index contributed by atoms with van der Waals surface area (Å²) in [4.78, 5) is 12.2. The van der Waals surface area contributed by atoms with Crippen LogP contribution in [0.2, 0.25) is 0 Å². The van der Waals surface area contributed by atoms with Crippen molar-refractivity contribution in [3.63, 3.8) is 0 Å². The number of pyridine rings is 1. The summed E-state index contributed by atoms with van der Waals surface area (Å²) in [5, 5.41) is 5.58. The van der Waals surface area contributed by atoms with E-state index >= 15 is 0 Å². The SMILES string of the molecule is [C-]#[N+]c1ccc(COc2ccc3c(CCC4CCN(Cc5ccccc5)CC4)noc3c2CN(C)C)cn1. The smallest absolute Gasteiger partial charge is 0.269 e. The second-order valence-electron chi connectivity index (χ2n) is 10.5. The molecular weight excluding hydrogens is 474 g/mol. The van der Waals surface area contributed by atoms with E-state index in [0.717, 1.165) is 71.9 Å². The first kappa shape index (κ1) is 25.9. The van der Waals surface area contributed by atoms with Gasteiger partial charge in [0.05, 0.1) is 11.3 Å². The summed E-state index contributed by atoms with van der Waals surface area (Å²) >= 11 is 0. The van der Waals surface area contributed by atoms with Gasteiger partial charge in [-0.25, -0.2) is 0 Å². The lowest BCUT2D eigenvalue weighted by Crippen LogP contribution is -2.33. The summed E-state index contributed by atoms with van der Waals surface area (Å²) in [6.45, 7) is 11.5. The maximum Gasteiger partial charge on any atom is 0.269 e. The molecule has 0 amide bonds. The van der Waals surface area contributed by atoms with Gasteiger partial charge in [-0.1, -0.05) is 48.1 Å². The molecule has 0 spiro atoms. The van der Waals surface area contributed by atoms with Gasteiger partial charge in [0.15, 0.2) is 5.58 Å². The number of likely N-dealkylation sites (tertiary alicyclic amines) is 1. The molecule has 7 heteroatoms. The number of hydrogen-bond donors (Lipinski definition) is 0. The van der Waals surface area contributed by atoms with Gasteiger partial charge in [0, 0.05) is 24.0 Å². The van der Waals surface area contributed by atoms with E-state index in [1.165, 1.54) is 18.4 Å². The van der Waals surface area contributed by atoms with E-state index in [9.17, 15) is 0 Å². The predicted molar refractivity (Wildman–Crippen MR) is 149 cm³/mol. The molecule has 0 aliphatic carbocycles. The van der Waals surface area contributed by atoms with Crippen LogP contribution in [0.1, 0.15) is 41.6 Å². The highest BCUT2D eigenvalue weighted by molar-refractivity contribution is 5.84. The average molecular weight is 510 g/mol. The second kappa shape index (κ2) is 12.2. The van der Waals surface area contributed by atoms with Crippen molar-refractivity contribution >= 4 is 16.8 Å². The molecule has 38 heavy (non-hydrogen) atoms. The fraction of sp³-hybridized carbons (Fsp3) is 0.387. The van der Waals surface area contributed by atoms with Crippen LogP contribution in [0.15, 0.2) is 65.3 Å². The van der Waals surface area contributed by atoms with Crippen LogP contribution in [0.25, 0.3) is 15.8 Å². The summed E-state index contributed by atoms with van der Waals surface area (Å²) in [5.74, 6) is 1.89. The molecule has 1 aliphatic rings. The van der Waals surface area contributed by atoms with E-state index in [1.54, 1.807) is 12.3 Å². The van der Waals surface area contributed by atoms with E-state index in [1.807, 2.05) is 26.2 Å². The van der Waals surface area contributed by atoms with Crippen molar-refractivity contribution < 1.29 is 9.26 Å². The monoisotopic (exact) mass is 509 g/mol. The van der Waals surface area contributed by atoms with E-state index in [4.69, 9.17) is 15.8 Å². The van der Waals surface area contributed by atoms with E-state index < -0.39 is 0 Å². The minimum absolute atomic E-state index is 0.376. The van der Waals surface area contributed by atoms with E-state index in [-0.39, 0.29) is 0 Å². The number of fused-ring (bicyclic) bond motifs is 1. The highest BCUT2D eigenvalue weighted by Gasteiger charge is 2.22. The number of benzene rings is 2. The molecule has 4 aromatic rings.